The lowest BCUT2D eigenvalue weighted by Crippen LogP contribution is -2.37. The first-order chi connectivity index (χ1) is 22.1. The van der Waals surface area contributed by atoms with Gasteiger partial charge < -0.3 is 9.47 Å². The summed E-state index contributed by atoms with van der Waals surface area (Å²) in [5.74, 6) is 0.141. The summed E-state index contributed by atoms with van der Waals surface area (Å²) < 4.78 is 17.4. The molecule has 230 valence electrons. The average Bonchev–Trinajstić information content (AvgIpc) is 3.41. The second-order valence-corrected chi connectivity index (χ2v) is 15.9. The zero-order valence-corrected chi connectivity index (χ0v) is 30.9. The van der Waals surface area contributed by atoms with Crippen LogP contribution in [0.25, 0.3) is 52.8 Å². The number of thiophene rings is 1. The summed E-state index contributed by atoms with van der Waals surface area (Å²) in [4.78, 5) is 13.6. The molecule has 0 aliphatic carbocycles. The third kappa shape index (κ3) is 5.99. The van der Waals surface area contributed by atoms with E-state index < -0.39 is 17.7 Å². The Morgan fingerprint density at radius 2 is 1.39 bits per heavy atom. The topological polar surface area (TPSA) is 35.5 Å². The summed E-state index contributed by atoms with van der Waals surface area (Å²) >= 11 is 13.4. The van der Waals surface area contributed by atoms with Crippen LogP contribution in [-0.4, -0.2) is 17.7 Å². The number of carbonyl (C=O) groups is 1. The van der Waals surface area contributed by atoms with Gasteiger partial charge in [-0.15, -0.1) is 11.3 Å². The van der Waals surface area contributed by atoms with Crippen molar-refractivity contribution in [1.29, 1.82) is 0 Å². The van der Waals surface area contributed by atoms with Gasteiger partial charge in [0.25, 0.3) is 0 Å². The molecule has 3 nitrogen and oxygen atoms in total. The summed E-state index contributed by atoms with van der Waals surface area (Å²) in [6.07, 6.45) is -0.501. The standard InChI is InChI=1S/C39H29Br3O3S/c1-39(2,3)45-38(43)31(19-22-16-17-23-10-4-5-11-24(23)18-22)44-36-29(40)20-25(21-30(36)41)33-26-12-6-7-13-27(26)35(42)37-34(33)28-14-8-9-15-32(28)46-37/h4-18,20-21,31H,19H2,1-3H3. The predicted octanol–water partition coefficient (Wildman–Crippen LogP) is 12.6. The van der Waals surface area contributed by atoms with Crippen molar-refractivity contribution in [3.05, 3.63) is 122 Å². The van der Waals surface area contributed by atoms with Crippen LogP contribution >= 0.6 is 59.1 Å². The van der Waals surface area contributed by atoms with E-state index in [2.05, 4.69) is 133 Å². The van der Waals surface area contributed by atoms with Gasteiger partial charge in [0, 0.05) is 26.4 Å². The maximum atomic E-state index is 13.6. The fraction of sp³-hybridized carbons (Fsp3) is 0.154. The molecule has 0 aliphatic rings. The maximum Gasteiger partial charge on any atom is 0.348 e. The minimum absolute atomic E-state index is 0.360. The van der Waals surface area contributed by atoms with E-state index in [0.29, 0.717) is 12.2 Å². The Morgan fingerprint density at radius 1 is 0.761 bits per heavy atom. The lowest BCUT2D eigenvalue weighted by Gasteiger charge is -2.25. The van der Waals surface area contributed by atoms with Crippen LogP contribution in [-0.2, 0) is 16.0 Å². The van der Waals surface area contributed by atoms with E-state index in [1.54, 1.807) is 11.3 Å². The molecule has 7 heteroatoms. The van der Waals surface area contributed by atoms with Gasteiger partial charge in [-0.3, -0.25) is 0 Å². The smallest absolute Gasteiger partial charge is 0.348 e. The molecule has 1 heterocycles. The zero-order chi connectivity index (χ0) is 32.2. The van der Waals surface area contributed by atoms with Crippen molar-refractivity contribution < 1.29 is 14.3 Å². The van der Waals surface area contributed by atoms with Crippen LogP contribution in [0.1, 0.15) is 26.3 Å². The van der Waals surface area contributed by atoms with Gasteiger partial charge in [-0.25, -0.2) is 4.79 Å². The number of fused-ring (bicyclic) bond motifs is 5. The number of benzene rings is 6. The first-order valence-electron chi connectivity index (χ1n) is 15.0. The molecular formula is C39H29Br3O3S. The Bertz CT molecular complexity index is 2280. The van der Waals surface area contributed by atoms with Crippen LogP contribution in [0.5, 0.6) is 5.75 Å². The number of hydrogen-bond acceptors (Lipinski definition) is 4. The SMILES string of the molecule is CC(C)(C)OC(=O)C(Cc1ccc2ccccc2c1)Oc1c(Br)cc(-c2c3ccccc3c(Br)c3sc4ccccc4c23)cc1Br. The van der Waals surface area contributed by atoms with Gasteiger partial charge in [-0.1, -0.05) is 84.9 Å². The number of carbonyl (C=O) groups excluding carboxylic acids is 1. The van der Waals surface area contributed by atoms with Crippen LogP contribution in [0.15, 0.2) is 117 Å². The first-order valence-corrected chi connectivity index (χ1v) is 18.1. The first kappa shape index (κ1) is 31.4. The highest BCUT2D eigenvalue weighted by atomic mass is 79.9. The zero-order valence-electron chi connectivity index (χ0n) is 25.4. The van der Waals surface area contributed by atoms with Crippen LogP contribution in [0.4, 0.5) is 0 Å². The van der Waals surface area contributed by atoms with Crippen molar-refractivity contribution in [1.82, 2.24) is 0 Å². The van der Waals surface area contributed by atoms with Crippen molar-refractivity contribution in [2.45, 2.75) is 38.9 Å². The van der Waals surface area contributed by atoms with Gasteiger partial charge in [0.05, 0.1) is 13.6 Å². The quantitative estimate of drug-likeness (QED) is 0.157. The van der Waals surface area contributed by atoms with Gasteiger partial charge in [-0.05, 0) is 125 Å². The van der Waals surface area contributed by atoms with E-state index in [4.69, 9.17) is 9.47 Å². The second kappa shape index (κ2) is 12.4. The van der Waals surface area contributed by atoms with E-state index in [9.17, 15) is 4.79 Å². The fourth-order valence-electron chi connectivity index (χ4n) is 5.98. The minimum atomic E-state index is -0.861. The molecule has 0 radical (unpaired) electrons. The van der Waals surface area contributed by atoms with Gasteiger partial charge in [0.1, 0.15) is 11.4 Å². The predicted molar refractivity (Wildman–Crippen MR) is 203 cm³/mol. The molecule has 0 spiro atoms. The monoisotopic (exact) mass is 814 g/mol. The third-order valence-corrected chi connectivity index (χ3v) is 11.4. The summed E-state index contributed by atoms with van der Waals surface area (Å²) in [5.41, 5.74) is 2.52. The molecule has 0 aliphatic heterocycles. The van der Waals surface area contributed by atoms with Crippen LogP contribution in [0.3, 0.4) is 0 Å². The molecule has 0 saturated carbocycles. The Hall–Kier alpha value is -3.23. The third-order valence-electron chi connectivity index (χ3n) is 7.93. The summed E-state index contributed by atoms with van der Waals surface area (Å²) in [6, 6.07) is 35.7. The van der Waals surface area contributed by atoms with Crippen molar-refractivity contribution in [2.24, 2.45) is 0 Å². The number of ether oxygens (including phenoxy) is 2. The molecule has 1 unspecified atom stereocenters. The van der Waals surface area contributed by atoms with Gasteiger partial charge in [0.2, 0.25) is 0 Å². The van der Waals surface area contributed by atoms with Crippen molar-refractivity contribution in [2.75, 3.05) is 0 Å². The van der Waals surface area contributed by atoms with Crippen LogP contribution < -0.4 is 4.74 Å². The molecule has 0 amide bonds. The van der Waals surface area contributed by atoms with Gasteiger partial charge >= 0.3 is 5.97 Å². The Labute approximate surface area is 296 Å². The van der Waals surface area contributed by atoms with Crippen LogP contribution in [0.2, 0.25) is 0 Å². The lowest BCUT2D eigenvalue weighted by molar-refractivity contribution is -0.163. The fourth-order valence-corrected chi connectivity index (χ4v) is 9.30. The van der Waals surface area contributed by atoms with E-state index in [-0.39, 0.29) is 0 Å². The van der Waals surface area contributed by atoms with E-state index in [1.807, 2.05) is 39.0 Å². The number of hydrogen-bond donors (Lipinski definition) is 0. The van der Waals surface area contributed by atoms with Crippen molar-refractivity contribution in [3.8, 4) is 16.9 Å². The molecule has 1 aromatic heterocycles. The summed E-state index contributed by atoms with van der Waals surface area (Å²) in [6.45, 7) is 5.61. The molecule has 6 aromatic carbocycles. The summed E-state index contributed by atoms with van der Waals surface area (Å²) in [7, 11) is 0. The normalized spacial score (nSPS) is 12.7. The van der Waals surface area contributed by atoms with Gasteiger partial charge in [-0.2, -0.15) is 0 Å². The maximum absolute atomic E-state index is 13.6. The van der Waals surface area contributed by atoms with Crippen molar-refractivity contribution in [3.63, 3.8) is 0 Å². The highest BCUT2D eigenvalue weighted by molar-refractivity contribution is 9.11. The average molecular weight is 817 g/mol. The molecule has 1 atom stereocenters. The number of rotatable bonds is 6. The molecule has 7 aromatic rings. The molecule has 46 heavy (non-hydrogen) atoms. The Kier molecular flexibility index (Phi) is 8.47. The second-order valence-electron chi connectivity index (χ2n) is 12.3. The highest BCUT2D eigenvalue weighted by Crippen LogP contribution is 2.50. The molecule has 0 saturated heterocycles. The summed E-state index contributed by atoms with van der Waals surface area (Å²) in [5, 5.41) is 7.00. The Balaban J connectivity index is 1.33. The molecule has 0 bridgehead atoms. The Morgan fingerprint density at radius 3 is 2.11 bits per heavy atom. The largest absolute Gasteiger partial charge is 0.476 e. The number of esters is 1. The van der Waals surface area contributed by atoms with E-state index >= 15 is 0 Å². The lowest BCUT2D eigenvalue weighted by atomic mass is 9.93. The minimum Gasteiger partial charge on any atom is -0.476 e. The molecular weight excluding hydrogens is 788 g/mol. The van der Waals surface area contributed by atoms with E-state index in [1.165, 1.54) is 20.2 Å². The molecule has 0 fully saturated rings. The highest BCUT2D eigenvalue weighted by Gasteiger charge is 2.29. The van der Waals surface area contributed by atoms with Gasteiger partial charge in [0.15, 0.2) is 6.10 Å². The van der Waals surface area contributed by atoms with Crippen LogP contribution in [0, 0.1) is 0 Å². The molecule has 0 N–H and O–H groups in total. The van der Waals surface area contributed by atoms with Crippen molar-refractivity contribution >= 4 is 107 Å². The molecule has 7 rings (SSSR count). The number of halogens is 3. The van der Waals surface area contributed by atoms with E-state index in [0.717, 1.165) is 51.7 Å².